The second-order valence-corrected chi connectivity index (χ2v) is 6.76. The number of benzene rings is 1. The van der Waals surface area contributed by atoms with Crippen LogP contribution in [0.4, 0.5) is 8.78 Å². The fourth-order valence-corrected chi connectivity index (χ4v) is 4.21. The van der Waals surface area contributed by atoms with Crippen LogP contribution in [0.25, 0.3) is 0 Å². The van der Waals surface area contributed by atoms with Crippen molar-refractivity contribution >= 4 is 22.4 Å². The molecule has 1 atom stereocenters. The van der Waals surface area contributed by atoms with Crippen LogP contribution in [0.5, 0.6) is 0 Å². The lowest BCUT2D eigenvalue weighted by molar-refractivity contribution is 0.334. The molecule has 0 aromatic heterocycles. The predicted octanol–water partition coefficient (Wildman–Crippen LogP) is 2.15. The van der Waals surface area contributed by atoms with Crippen molar-refractivity contribution in [3.8, 4) is 0 Å². The van der Waals surface area contributed by atoms with Crippen LogP contribution in [0.3, 0.4) is 0 Å². The maximum absolute atomic E-state index is 13.2. The standard InChI is InChI=1S/C13H18F2N2O2S.ClH/c1-2-5-17(12-3-4-16-9-12)20(18,19)13-7-10(14)6-11(15)8-13;/h6-8,12,16H,2-5,9H2,1H3;1H. The number of rotatable bonds is 5. The smallest absolute Gasteiger partial charge is 0.243 e. The van der Waals surface area contributed by atoms with E-state index in [2.05, 4.69) is 5.32 Å². The molecule has 1 fully saturated rings. The third-order valence-electron chi connectivity index (χ3n) is 3.33. The maximum Gasteiger partial charge on any atom is 0.243 e. The molecule has 21 heavy (non-hydrogen) atoms. The minimum absolute atomic E-state index is 0. The van der Waals surface area contributed by atoms with Crippen LogP contribution in [0.15, 0.2) is 23.1 Å². The minimum atomic E-state index is -3.88. The van der Waals surface area contributed by atoms with Crippen LogP contribution < -0.4 is 5.32 Å². The summed E-state index contributed by atoms with van der Waals surface area (Å²) in [6.07, 6.45) is 1.35. The largest absolute Gasteiger partial charge is 0.315 e. The van der Waals surface area contributed by atoms with Gasteiger partial charge >= 0.3 is 0 Å². The molecule has 1 heterocycles. The van der Waals surface area contributed by atoms with Gasteiger partial charge in [0.05, 0.1) is 4.90 Å². The Morgan fingerprint density at radius 1 is 1.29 bits per heavy atom. The Hall–Kier alpha value is -0.760. The Kier molecular flexibility index (Phi) is 6.52. The zero-order valence-electron chi connectivity index (χ0n) is 11.7. The highest BCUT2D eigenvalue weighted by Gasteiger charge is 2.33. The van der Waals surface area contributed by atoms with Gasteiger partial charge in [-0.3, -0.25) is 0 Å². The summed E-state index contributed by atoms with van der Waals surface area (Å²) in [7, 11) is -3.88. The Bertz CT molecular complexity index is 557. The number of sulfonamides is 1. The SMILES string of the molecule is CCCN(C1CCNC1)S(=O)(=O)c1cc(F)cc(F)c1.Cl. The first-order chi connectivity index (χ1) is 9.45. The van der Waals surface area contributed by atoms with Crippen molar-refractivity contribution in [3.05, 3.63) is 29.8 Å². The van der Waals surface area contributed by atoms with Crippen molar-refractivity contribution in [3.63, 3.8) is 0 Å². The summed E-state index contributed by atoms with van der Waals surface area (Å²) in [6.45, 7) is 3.53. The molecule has 8 heteroatoms. The van der Waals surface area contributed by atoms with E-state index in [9.17, 15) is 17.2 Å². The molecule has 0 radical (unpaired) electrons. The minimum Gasteiger partial charge on any atom is -0.315 e. The Morgan fingerprint density at radius 3 is 2.38 bits per heavy atom. The quantitative estimate of drug-likeness (QED) is 0.893. The first-order valence-corrected chi connectivity index (χ1v) is 8.08. The van der Waals surface area contributed by atoms with Gasteiger partial charge in [0, 0.05) is 25.2 Å². The molecule has 1 unspecified atom stereocenters. The molecule has 1 aromatic rings. The molecule has 0 spiro atoms. The van der Waals surface area contributed by atoms with Crippen molar-refractivity contribution in [1.82, 2.24) is 9.62 Å². The molecule has 1 N–H and O–H groups in total. The van der Waals surface area contributed by atoms with E-state index < -0.39 is 21.7 Å². The van der Waals surface area contributed by atoms with E-state index in [-0.39, 0.29) is 23.3 Å². The molecule has 2 rings (SSSR count). The summed E-state index contributed by atoms with van der Waals surface area (Å²) < 4.78 is 53.0. The Labute approximate surface area is 130 Å². The van der Waals surface area contributed by atoms with Crippen LogP contribution in [0.2, 0.25) is 0 Å². The number of hydrogen-bond donors (Lipinski definition) is 1. The topological polar surface area (TPSA) is 49.4 Å². The lowest BCUT2D eigenvalue weighted by Gasteiger charge is -2.27. The fourth-order valence-electron chi connectivity index (χ4n) is 2.42. The van der Waals surface area contributed by atoms with E-state index in [0.717, 1.165) is 18.7 Å². The summed E-state index contributed by atoms with van der Waals surface area (Å²) >= 11 is 0. The maximum atomic E-state index is 13.2. The summed E-state index contributed by atoms with van der Waals surface area (Å²) in [5, 5.41) is 3.10. The molecular weight excluding hydrogens is 322 g/mol. The van der Waals surface area contributed by atoms with E-state index in [1.54, 1.807) is 0 Å². The molecule has 1 aliphatic heterocycles. The Balaban J connectivity index is 0.00000220. The average molecular weight is 341 g/mol. The third kappa shape index (κ3) is 4.12. The molecule has 0 bridgehead atoms. The monoisotopic (exact) mass is 340 g/mol. The van der Waals surface area contributed by atoms with Gasteiger partial charge in [-0.1, -0.05) is 6.92 Å². The van der Waals surface area contributed by atoms with Crippen molar-refractivity contribution < 1.29 is 17.2 Å². The zero-order chi connectivity index (χ0) is 14.8. The number of hydrogen-bond acceptors (Lipinski definition) is 3. The first-order valence-electron chi connectivity index (χ1n) is 6.64. The molecule has 1 aliphatic rings. The Morgan fingerprint density at radius 2 is 1.90 bits per heavy atom. The second-order valence-electron chi connectivity index (χ2n) is 4.87. The van der Waals surface area contributed by atoms with E-state index in [1.165, 1.54) is 4.31 Å². The molecular formula is C13H19ClF2N2O2S. The summed E-state index contributed by atoms with van der Waals surface area (Å²) in [5.41, 5.74) is 0. The predicted molar refractivity (Wildman–Crippen MR) is 79.1 cm³/mol. The fraction of sp³-hybridized carbons (Fsp3) is 0.538. The summed E-state index contributed by atoms with van der Waals surface area (Å²) in [5.74, 6) is -1.77. The van der Waals surface area contributed by atoms with Gasteiger partial charge in [0.15, 0.2) is 0 Å². The van der Waals surface area contributed by atoms with Crippen molar-refractivity contribution in [2.45, 2.75) is 30.7 Å². The van der Waals surface area contributed by atoms with Gasteiger partial charge in [-0.05, 0) is 31.5 Å². The van der Waals surface area contributed by atoms with Gasteiger partial charge < -0.3 is 5.32 Å². The van der Waals surface area contributed by atoms with Crippen LogP contribution in [0, 0.1) is 11.6 Å². The number of nitrogens with one attached hydrogen (secondary N) is 1. The third-order valence-corrected chi connectivity index (χ3v) is 5.26. The van der Waals surface area contributed by atoms with Crippen LogP contribution in [0.1, 0.15) is 19.8 Å². The van der Waals surface area contributed by atoms with Gasteiger partial charge in [0.2, 0.25) is 10.0 Å². The van der Waals surface area contributed by atoms with Crippen molar-refractivity contribution in [2.75, 3.05) is 19.6 Å². The molecule has 0 aliphatic carbocycles. The highest BCUT2D eigenvalue weighted by molar-refractivity contribution is 7.89. The van der Waals surface area contributed by atoms with Crippen molar-refractivity contribution in [1.29, 1.82) is 0 Å². The highest BCUT2D eigenvalue weighted by Crippen LogP contribution is 2.23. The molecule has 0 saturated carbocycles. The normalized spacial score (nSPS) is 18.8. The molecule has 1 aromatic carbocycles. The highest BCUT2D eigenvalue weighted by atomic mass is 35.5. The first kappa shape index (κ1) is 18.3. The van der Waals surface area contributed by atoms with Crippen LogP contribution >= 0.6 is 12.4 Å². The van der Waals surface area contributed by atoms with Crippen LogP contribution in [-0.2, 0) is 10.0 Å². The van der Waals surface area contributed by atoms with Gasteiger partial charge in [-0.2, -0.15) is 4.31 Å². The van der Waals surface area contributed by atoms with Gasteiger partial charge in [0.1, 0.15) is 11.6 Å². The van der Waals surface area contributed by atoms with E-state index in [1.807, 2.05) is 6.92 Å². The van der Waals surface area contributed by atoms with Gasteiger partial charge in [-0.15, -0.1) is 12.4 Å². The number of halogens is 3. The van der Waals surface area contributed by atoms with Gasteiger partial charge in [-0.25, -0.2) is 17.2 Å². The lowest BCUT2D eigenvalue weighted by Crippen LogP contribution is -2.42. The molecule has 0 amide bonds. The zero-order valence-corrected chi connectivity index (χ0v) is 13.3. The summed E-state index contributed by atoms with van der Waals surface area (Å²) in [6, 6.07) is 2.24. The van der Waals surface area contributed by atoms with Crippen LogP contribution in [-0.4, -0.2) is 38.4 Å². The van der Waals surface area contributed by atoms with Gasteiger partial charge in [0.25, 0.3) is 0 Å². The molecule has 120 valence electrons. The molecule has 1 saturated heterocycles. The van der Waals surface area contributed by atoms with E-state index in [0.29, 0.717) is 32.0 Å². The second kappa shape index (κ2) is 7.49. The lowest BCUT2D eigenvalue weighted by atomic mass is 10.2. The van der Waals surface area contributed by atoms with E-state index >= 15 is 0 Å². The average Bonchev–Trinajstić information content (AvgIpc) is 2.88. The number of nitrogens with zero attached hydrogens (tertiary/aromatic N) is 1. The van der Waals surface area contributed by atoms with Crippen molar-refractivity contribution in [2.24, 2.45) is 0 Å². The van der Waals surface area contributed by atoms with E-state index in [4.69, 9.17) is 0 Å². The molecule has 4 nitrogen and oxygen atoms in total. The summed E-state index contributed by atoms with van der Waals surface area (Å²) in [4.78, 5) is -0.324.